The Morgan fingerprint density at radius 3 is 1.81 bits per heavy atom. The molecular formula is C32H60N2O3. The lowest BCUT2D eigenvalue weighted by Crippen LogP contribution is -2.36. The topological polar surface area (TPSA) is 67.8 Å². The van der Waals surface area contributed by atoms with Crippen molar-refractivity contribution in [3.05, 3.63) is 0 Å². The predicted octanol–water partition coefficient (Wildman–Crippen LogP) is 8.73. The molecule has 3 unspecified atom stereocenters. The first kappa shape index (κ1) is 33.6. The third kappa shape index (κ3) is 19.4. The highest BCUT2D eigenvalue weighted by atomic mass is 16.5. The first-order valence-corrected chi connectivity index (χ1v) is 16.1. The molecule has 2 rings (SSSR count). The van der Waals surface area contributed by atoms with E-state index in [1.54, 1.807) is 0 Å². The highest BCUT2D eigenvalue weighted by molar-refractivity contribution is 5.81. The van der Waals surface area contributed by atoms with Crippen LogP contribution in [0.4, 0.5) is 0 Å². The number of hydrogen-bond acceptors (Lipinski definition) is 4. The minimum absolute atomic E-state index is 0.0106. The number of esters is 1. The van der Waals surface area contributed by atoms with Crippen molar-refractivity contribution in [2.75, 3.05) is 6.54 Å². The van der Waals surface area contributed by atoms with Crippen LogP contribution in [0.3, 0.4) is 0 Å². The van der Waals surface area contributed by atoms with E-state index in [1.165, 1.54) is 103 Å². The molecule has 2 aliphatic rings. The Kier molecular flexibility index (Phi) is 21.6. The number of nitrogens with zero attached hydrogens (tertiary/aromatic N) is 1. The van der Waals surface area contributed by atoms with E-state index in [0.717, 1.165) is 32.1 Å². The number of carbonyl (C=O) groups excluding carboxylic acids is 2. The van der Waals surface area contributed by atoms with Crippen molar-refractivity contribution >= 4 is 18.1 Å². The summed E-state index contributed by atoms with van der Waals surface area (Å²) in [6.45, 7) is 7.06. The molecule has 3 atom stereocenters. The molecule has 0 bridgehead atoms. The van der Waals surface area contributed by atoms with Crippen LogP contribution in [0.15, 0.2) is 4.99 Å². The van der Waals surface area contributed by atoms with E-state index >= 15 is 0 Å². The van der Waals surface area contributed by atoms with Crippen molar-refractivity contribution in [2.24, 2.45) is 10.9 Å². The van der Waals surface area contributed by atoms with Gasteiger partial charge >= 0.3 is 5.97 Å². The van der Waals surface area contributed by atoms with Gasteiger partial charge in [-0.1, -0.05) is 124 Å². The summed E-state index contributed by atoms with van der Waals surface area (Å²) in [5.74, 6) is 0.245. The van der Waals surface area contributed by atoms with Crippen LogP contribution in [0.5, 0.6) is 0 Å². The summed E-state index contributed by atoms with van der Waals surface area (Å²) in [5, 5.41) is 2.92. The molecular weight excluding hydrogens is 460 g/mol. The summed E-state index contributed by atoms with van der Waals surface area (Å²) in [6.07, 6.45) is 30.3. The average molecular weight is 521 g/mol. The third-order valence-electron chi connectivity index (χ3n) is 7.70. The lowest BCUT2D eigenvalue weighted by atomic mass is 10.0. The second-order valence-electron chi connectivity index (χ2n) is 11.4. The van der Waals surface area contributed by atoms with Gasteiger partial charge in [0.15, 0.2) is 0 Å². The number of unbranched alkanes of at least 4 members (excludes halogenated alkanes) is 15. The van der Waals surface area contributed by atoms with Gasteiger partial charge in [-0.2, -0.15) is 0 Å². The maximum Gasteiger partial charge on any atom is 0.306 e. The molecule has 0 radical (unpaired) electrons. The largest absolute Gasteiger partial charge is 0.462 e. The fraction of sp³-hybridized carbons (Fsp3) is 0.906. The number of hydrogen-bond donors (Lipinski definition) is 1. The van der Waals surface area contributed by atoms with Crippen molar-refractivity contribution < 1.29 is 14.3 Å². The summed E-state index contributed by atoms with van der Waals surface area (Å²) in [5.41, 5.74) is 0. The molecule has 1 N–H and O–H groups in total. The lowest BCUT2D eigenvalue weighted by Gasteiger charge is -2.18. The van der Waals surface area contributed by atoms with Gasteiger partial charge in [0, 0.05) is 18.9 Å². The fourth-order valence-electron chi connectivity index (χ4n) is 5.14. The van der Waals surface area contributed by atoms with Crippen LogP contribution in [-0.2, 0) is 14.3 Å². The monoisotopic (exact) mass is 520 g/mol. The first-order chi connectivity index (χ1) is 18.1. The Balaban J connectivity index is 0.000000442. The van der Waals surface area contributed by atoms with E-state index < -0.39 is 0 Å². The van der Waals surface area contributed by atoms with E-state index in [9.17, 15) is 9.59 Å². The van der Waals surface area contributed by atoms with Gasteiger partial charge in [0.1, 0.15) is 6.10 Å². The minimum Gasteiger partial charge on any atom is -0.462 e. The van der Waals surface area contributed by atoms with Gasteiger partial charge in [0.2, 0.25) is 5.91 Å². The van der Waals surface area contributed by atoms with E-state index in [2.05, 4.69) is 24.2 Å². The zero-order valence-electron chi connectivity index (χ0n) is 24.7. The molecule has 5 nitrogen and oxygen atoms in total. The molecule has 0 aromatic carbocycles. The molecule has 37 heavy (non-hydrogen) atoms. The smallest absolute Gasteiger partial charge is 0.306 e. The number of ether oxygens (including phenoxy) is 1. The van der Waals surface area contributed by atoms with Crippen LogP contribution in [0.25, 0.3) is 0 Å². The molecule has 2 aliphatic heterocycles. The molecule has 1 saturated heterocycles. The number of cyclic esters (lactones) is 1. The second kappa shape index (κ2) is 23.7. The maximum absolute atomic E-state index is 11.3. The van der Waals surface area contributed by atoms with E-state index in [-0.39, 0.29) is 23.9 Å². The standard InChI is InChI=1S/C22H42O2.C10H18N2O/c1-2-3-4-5-6-7-8-9-10-11-12-13-14-15-16-17-18-21-19-20-22(23)24-21;1-3-4-9-7-12-10(13)8(2)5-6-11-9/h21H,2-20H2,1H3;6,8-9H,3-5,7H2,1-2H3,(H,12,13). The SMILES string of the molecule is CCCC1CNC(=O)C(C)CC=N1.CCCCCCCCCCCCCCCCCCC1CCC(=O)O1. The van der Waals surface area contributed by atoms with Gasteiger partial charge < -0.3 is 10.1 Å². The second-order valence-corrected chi connectivity index (χ2v) is 11.4. The summed E-state index contributed by atoms with van der Waals surface area (Å²) in [6, 6.07) is 0.293. The molecule has 1 fully saturated rings. The maximum atomic E-state index is 11.3. The molecule has 0 aliphatic carbocycles. The zero-order chi connectivity index (χ0) is 27.0. The fourth-order valence-corrected chi connectivity index (χ4v) is 5.14. The lowest BCUT2D eigenvalue weighted by molar-refractivity contribution is -0.141. The summed E-state index contributed by atoms with van der Waals surface area (Å²) in [7, 11) is 0. The van der Waals surface area contributed by atoms with Crippen LogP contribution in [0.1, 0.15) is 162 Å². The highest BCUT2D eigenvalue weighted by Crippen LogP contribution is 2.20. The highest BCUT2D eigenvalue weighted by Gasteiger charge is 2.22. The van der Waals surface area contributed by atoms with Crippen LogP contribution in [0, 0.1) is 5.92 Å². The predicted molar refractivity (Wildman–Crippen MR) is 157 cm³/mol. The Labute approximate surface area is 229 Å². The third-order valence-corrected chi connectivity index (χ3v) is 7.70. The number of rotatable bonds is 19. The van der Waals surface area contributed by atoms with Crippen molar-refractivity contribution in [3.8, 4) is 0 Å². The number of carbonyl (C=O) groups is 2. The van der Waals surface area contributed by atoms with Crippen molar-refractivity contribution in [2.45, 2.75) is 174 Å². The molecule has 0 spiro atoms. The van der Waals surface area contributed by atoms with Gasteiger partial charge in [0.05, 0.1) is 6.04 Å². The first-order valence-electron chi connectivity index (χ1n) is 16.1. The number of amides is 1. The molecule has 0 aromatic heterocycles. The van der Waals surface area contributed by atoms with Crippen molar-refractivity contribution in [3.63, 3.8) is 0 Å². The van der Waals surface area contributed by atoms with Crippen LogP contribution in [-0.4, -0.2) is 36.8 Å². The zero-order valence-corrected chi connectivity index (χ0v) is 24.7. The Morgan fingerprint density at radius 2 is 1.32 bits per heavy atom. The molecule has 5 heteroatoms. The Hall–Kier alpha value is -1.39. The Bertz CT molecular complexity index is 593. The minimum atomic E-state index is 0.0106. The molecule has 216 valence electrons. The molecule has 0 saturated carbocycles. The van der Waals surface area contributed by atoms with Crippen LogP contribution < -0.4 is 5.32 Å². The number of nitrogens with one attached hydrogen (secondary N) is 1. The Morgan fingerprint density at radius 1 is 0.784 bits per heavy atom. The normalized spacial score (nSPS) is 21.5. The van der Waals surface area contributed by atoms with Crippen molar-refractivity contribution in [1.82, 2.24) is 5.32 Å². The van der Waals surface area contributed by atoms with E-state index in [1.807, 2.05) is 13.1 Å². The average Bonchev–Trinajstić information content (AvgIpc) is 3.31. The summed E-state index contributed by atoms with van der Waals surface area (Å²) in [4.78, 5) is 26.8. The summed E-state index contributed by atoms with van der Waals surface area (Å²) >= 11 is 0. The molecule has 1 amide bonds. The van der Waals surface area contributed by atoms with Gasteiger partial charge in [-0.15, -0.1) is 0 Å². The van der Waals surface area contributed by atoms with Gasteiger partial charge in [-0.05, 0) is 38.3 Å². The quantitative estimate of drug-likeness (QED) is 0.137. The van der Waals surface area contributed by atoms with Gasteiger partial charge in [-0.3, -0.25) is 14.6 Å². The molecule has 0 aromatic rings. The summed E-state index contributed by atoms with van der Waals surface area (Å²) < 4.78 is 5.25. The number of aliphatic imine (C=N–C) groups is 1. The van der Waals surface area contributed by atoms with Crippen molar-refractivity contribution in [1.29, 1.82) is 0 Å². The van der Waals surface area contributed by atoms with Crippen LogP contribution in [0.2, 0.25) is 0 Å². The van der Waals surface area contributed by atoms with E-state index in [4.69, 9.17) is 4.74 Å². The van der Waals surface area contributed by atoms with Gasteiger partial charge in [0.25, 0.3) is 0 Å². The van der Waals surface area contributed by atoms with Crippen LogP contribution >= 0.6 is 0 Å². The van der Waals surface area contributed by atoms with Gasteiger partial charge in [-0.25, -0.2) is 0 Å². The molecule has 2 heterocycles. The van der Waals surface area contributed by atoms with E-state index in [0.29, 0.717) is 19.0 Å².